The molecule has 0 heterocycles. The highest BCUT2D eigenvalue weighted by Gasteiger charge is 2.24. The van der Waals surface area contributed by atoms with Crippen molar-refractivity contribution in [3.8, 4) is 0 Å². The first-order valence-electron chi connectivity index (χ1n) is 4.65. The van der Waals surface area contributed by atoms with Gasteiger partial charge < -0.3 is 5.32 Å². The van der Waals surface area contributed by atoms with Crippen molar-refractivity contribution in [1.82, 2.24) is 5.32 Å². The highest BCUT2D eigenvalue weighted by atomic mass is 19.2. The van der Waals surface area contributed by atoms with Crippen LogP contribution in [-0.4, -0.2) is 6.54 Å². The normalized spacial score (nSPS) is 10.2. The van der Waals surface area contributed by atoms with Crippen LogP contribution in [0.4, 0.5) is 23.2 Å². The van der Waals surface area contributed by atoms with Gasteiger partial charge in [-0.3, -0.25) is 0 Å². The molecule has 0 unspecified atom stereocenters. The molecule has 0 aliphatic heterocycles. The molecular weight excluding hydrogens is 240 g/mol. The molecule has 8 heteroatoms. The minimum absolute atomic E-state index is 0.363. The van der Waals surface area contributed by atoms with Crippen molar-refractivity contribution >= 4 is 5.69 Å². The lowest BCUT2D eigenvalue weighted by Crippen LogP contribution is -2.16. The van der Waals surface area contributed by atoms with Crippen LogP contribution in [0.2, 0.25) is 0 Å². The summed E-state index contributed by atoms with van der Waals surface area (Å²) in [5, 5.41) is 5.11. The standard InChI is InChI=1S/C9H8F4N4/c1-2-15-3-4-5(10)7(12)9(16-17-14)8(13)6(4)11/h15H,2-3H2,1H3. The zero-order chi connectivity index (χ0) is 13.0. The van der Waals surface area contributed by atoms with Crippen LogP contribution in [0.25, 0.3) is 10.4 Å². The van der Waals surface area contributed by atoms with Gasteiger partial charge in [0.15, 0.2) is 23.3 Å². The van der Waals surface area contributed by atoms with Crippen molar-refractivity contribution in [2.24, 2.45) is 5.11 Å². The number of hydrogen-bond acceptors (Lipinski definition) is 2. The average molecular weight is 248 g/mol. The van der Waals surface area contributed by atoms with Gasteiger partial charge in [0.05, 0.1) is 0 Å². The molecular formula is C9H8F4N4. The Morgan fingerprint density at radius 1 is 1.12 bits per heavy atom. The predicted octanol–water partition coefficient (Wildman–Crippen LogP) is 3.29. The Labute approximate surface area is 93.9 Å². The summed E-state index contributed by atoms with van der Waals surface area (Å²) in [7, 11) is 0. The van der Waals surface area contributed by atoms with Gasteiger partial charge in [-0.1, -0.05) is 12.0 Å². The highest BCUT2D eigenvalue weighted by molar-refractivity contribution is 5.44. The van der Waals surface area contributed by atoms with E-state index in [0.717, 1.165) is 0 Å². The third-order valence-electron chi connectivity index (χ3n) is 2.03. The molecule has 0 saturated carbocycles. The summed E-state index contributed by atoms with van der Waals surface area (Å²) in [6, 6.07) is 0. The molecule has 0 saturated heterocycles. The Kier molecular flexibility index (Phi) is 4.30. The Balaban J connectivity index is 3.41. The van der Waals surface area contributed by atoms with Crippen LogP contribution >= 0.6 is 0 Å². The van der Waals surface area contributed by atoms with Gasteiger partial charge in [-0.05, 0) is 12.1 Å². The van der Waals surface area contributed by atoms with Crippen molar-refractivity contribution in [3.63, 3.8) is 0 Å². The first-order valence-corrected chi connectivity index (χ1v) is 4.65. The summed E-state index contributed by atoms with van der Waals surface area (Å²) in [6.45, 7) is 1.68. The molecule has 0 bridgehead atoms. The lowest BCUT2D eigenvalue weighted by Gasteiger charge is -2.09. The first kappa shape index (κ1) is 13.3. The van der Waals surface area contributed by atoms with E-state index in [0.29, 0.717) is 6.54 Å². The van der Waals surface area contributed by atoms with Crippen LogP contribution in [0.1, 0.15) is 12.5 Å². The van der Waals surface area contributed by atoms with Gasteiger partial charge in [0.25, 0.3) is 0 Å². The third-order valence-corrected chi connectivity index (χ3v) is 2.03. The van der Waals surface area contributed by atoms with Crippen LogP contribution in [-0.2, 0) is 6.54 Å². The maximum Gasteiger partial charge on any atom is 0.171 e. The van der Waals surface area contributed by atoms with E-state index in [1.165, 1.54) is 0 Å². The fraction of sp³-hybridized carbons (Fsp3) is 0.333. The summed E-state index contributed by atoms with van der Waals surface area (Å²) in [5.41, 5.74) is 5.96. The Hall–Kier alpha value is -1.79. The minimum Gasteiger partial charge on any atom is -0.313 e. The minimum atomic E-state index is -1.70. The van der Waals surface area contributed by atoms with E-state index >= 15 is 0 Å². The van der Waals surface area contributed by atoms with Crippen molar-refractivity contribution in [3.05, 3.63) is 39.3 Å². The predicted molar refractivity (Wildman–Crippen MR) is 52.5 cm³/mol. The molecule has 1 rings (SSSR count). The Morgan fingerprint density at radius 2 is 1.65 bits per heavy atom. The molecule has 1 aromatic rings. The molecule has 1 aromatic carbocycles. The van der Waals surface area contributed by atoms with E-state index in [1.807, 2.05) is 0 Å². The fourth-order valence-electron chi connectivity index (χ4n) is 1.20. The van der Waals surface area contributed by atoms with E-state index in [9.17, 15) is 17.6 Å². The molecule has 17 heavy (non-hydrogen) atoms. The maximum atomic E-state index is 13.3. The van der Waals surface area contributed by atoms with Gasteiger partial charge >= 0.3 is 0 Å². The fourth-order valence-corrected chi connectivity index (χ4v) is 1.20. The molecule has 0 fully saturated rings. The monoisotopic (exact) mass is 248 g/mol. The molecule has 0 spiro atoms. The molecule has 0 aromatic heterocycles. The van der Waals surface area contributed by atoms with Gasteiger partial charge in [0, 0.05) is 17.0 Å². The number of nitrogens with zero attached hydrogens (tertiary/aromatic N) is 3. The highest BCUT2D eigenvalue weighted by Crippen LogP contribution is 2.30. The van der Waals surface area contributed by atoms with E-state index in [2.05, 4.69) is 15.3 Å². The van der Waals surface area contributed by atoms with Gasteiger partial charge in [-0.15, -0.1) is 0 Å². The van der Waals surface area contributed by atoms with E-state index in [-0.39, 0.29) is 6.54 Å². The molecule has 0 aliphatic rings. The third kappa shape index (κ3) is 2.48. The van der Waals surface area contributed by atoms with E-state index < -0.39 is 34.5 Å². The number of azide groups is 1. The lowest BCUT2D eigenvalue weighted by atomic mass is 10.1. The van der Waals surface area contributed by atoms with Gasteiger partial charge in [0.2, 0.25) is 0 Å². The van der Waals surface area contributed by atoms with Crippen LogP contribution in [0, 0.1) is 23.3 Å². The smallest absolute Gasteiger partial charge is 0.171 e. The zero-order valence-electron chi connectivity index (χ0n) is 8.77. The summed E-state index contributed by atoms with van der Waals surface area (Å²) >= 11 is 0. The van der Waals surface area contributed by atoms with Gasteiger partial charge in [0.1, 0.15) is 5.69 Å². The van der Waals surface area contributed by atoms with Crippen LogP contribution in [0.5, 0.6) is 0 Å². The zero-order valence-corrected chi connectivity index (χ0v) is 8.77. The Bertz CT molecular complexity index is 453. The second kappa shape index (κ2) is 5.51. The SMILES string of the molecule is CCNCc1c(F)c(F)c(N=[N+]=[N-])c(F)c1F. The molecule has 0 radical (unpaired) electrons. The van der Waals surface area contributed by atoms with Gasteiger partial charge in [-0.2, -0.15) is 0 Å². The number of nitrogens with one attached hydrogen (secondary N) is 1. The number of hydrogen-bond donors (Lipinski definition) is 1. The second-order valence-electron chi connectivity index (χ2n) is 3.05. The second-order valence-corrected chi connectivity index (χ2v) is 3.05. The van der Waals surface area contributed by atoms with Crippen LogP contribution in [0.3, 0.4) is 0 Å². The first-order chi connectivity index (χ1) is 8.04. The maximum absolute atomic E-state index is 13.3. The number of rotatable bonds is 4. The van der Waals surface area contributed by atoms with Crippen molar-refractivity contribution < 1.29 is 17.6 Å². The molecule has 0 amide bonds. The van der Waals surface area contributed by atoms with Crippen LogP contribution < -0.4 is 5.32 Å². The summed E-state index contributed by atoms with van der Waals surface area (Å²) in [6.07, 6.45) is 0. The molecule has 4 nitrogen and oxygen atoms in total. The van der Waals surface area contributed by atoms with Crippen LogP contribution in [0.15, 0.2) is 5.11 Å². The van der Waals surface area contributed by atoms with Gasteiger partial charge in [-0.25, -0.2) is 17.6 Å². The molecule has 1 N–H and O–H groups in total. The summed E-state index contributed by atoms with van der Waals surface area (Å²) < 4.78 is 53.2. The lowest BCUT2D eigenvalue weighted by molar-refractivity contribution is 0.436. The topological polar surface area (TPSA) is 60.8 Å². The Morgan fingerprint density at radius 3 is 2.06 bits per heavy atom. The summed E-state index contributed by atoms with van der Waals surface area (Å²) in [5.74, 6) is -6.52. The summed E-state index contributed by atoms with van der Waals surface area (Å²) in [4.78, 5) is 2.10. The van der Waals surface area contributed by atoms with Crippen molar-refractivity contribution in [2.45, 2.75) is 13.5 Å². The largest absolute Gasteiger partial charge is 0.313 e. The molecule has 92 valence electrons. The van der Waals surface area contributed by atoms with Crippen molar-refractivity contribution in [1.29, 1.82) is 0 Å². The average Bonchev–Trinajstić information content (AvgIpc) is 2.32. The van der Waals surface area contributed by atoms with Crippen molar-refractivity contribution in [2.75, 3.05) is 6.54 Å². The van der Waals surface area contributed by atoms with E-state index in [4.69, 9.17) is 5.53 Å². The molecule has 0 aliphatic carbocycles. The number of benzene rings is 1. The quantitative estimate of drug-likeness (QED) is 0.287. The van der Waals surface area contributed by atoms with E-state index in [1.54, 1.807) is 6.92 Å². The molecule has 0 atom stereocenters. The number of halogens is 4.